The van der Waals surface area contributed by atoms with E-state index in [1.807, 2.05) is 17.9 Å². The quantitative estimate of drug-likeness (QED) is 0.915. The van der Waals surface area contributed by atoms with Gasteiger partial charge in [0.1, 0.15) is 0 Å². The first-order chi connectivity index (χ1) is 11.5. The van der Waals surface area contributed by atoms with Crippen molar-refractivity contribution in [2.75, 3.05) is 36.4 Å². The highest BCUT2D eigenvalue weighted by Crippen LogP contribution is 2.24. The Kier molecular flexibility index (Phi) is 5.09. The van der Waals surface area contributed by atoms with Crippen molar-refractivity contribution in [3.63, 3.8) is 0 Å². The fraction of sp³-hybridized carbons (Fsp3) is 0.526. The Morgan fingerprint density at radius 3 is 2.46 bits per heavy atom. The minimum Gasteiger partial charge on any atom is -0.378 e. The van der Waals surface area contributed by atoms with Gasteiger partial charge in [-0.2, -0.15) is 5.10 Å². The van der Waals surface area contributed by atoms with E-state index < -0.39 is 0 Å². The Hall–Kier alpha value is -2.01. The molecule has 3 rings (SSSR count). The van der Waals surface area contributed by atoms with Crippen LogP contribution < -0.4 is 10.2 Å². The molecule has 2 aromatic rings. The van der Waals surface area contributed by atoms with Crippen LogP contribution in [0.2, 0.25) is 0 Å². The molecule has 1 aliphatic heterocycles. The molecule has 0 saturated carbocycles. The van der Waals surface area contributed by atoms with Gasteiger partial charge in [0, 0.05) is 62.4 Å². The van der Waals surface area contributed by atoms with E-state index in [9.17, 15) is 0 Å². The number of rotatable bonds is 5. The molecule has 1 N–H and O–H groups in total. The summed E-state index contributed by atoms with van der Waals surface area (Å²) >= 11 is 0. The van der Waals surface area contributed by atoms with Gasteiger partial charge in [0.2, 0.25) is 0 Å². The van der Waals surface area contributed by atoms with Crippen molar-refractivity contribution in [2.45, 2.75) is 32.9 Å². The zero-order chi connectivity index (χ0) is 17.1. The zero-order valence-corrected chi connectivity index (χ0v) is 15.2. The summed E-state index contributed by atoms with van der Waals surface area (Å²) in [6, 6.07) is 9.64. The van der Waals surface area contributed by atoms with Crippen molar-refractivity contribution in [3.8, 4) is 0 Å². The first-order valence-corrected chi connectivity index (χ1v) is 8.87. The maximum Gasteiger partial charge on any atom is 0.0542 e. The Labute approximate surface area is 145 Å². The number of anilines is 2. The van der Waals surface area contributed by atoms with E-state index in [1.165, 1.54) is 11.3 Å². The maximum atomic E-state index is 4.26. The first-order valence-electron chi connectivity index (χ1n) is 8.87. The van der Waals surface area contributed by atoms with E-state index in [2.05, 4.69) is 71.4 Å². The molecule has 24 heavy (non-hydrogen) atoms. The number of hydrogen-bond donors (Lipinski definition) is 1. The fourth-order valence-corrected chi connectivity index (χ4v) is 3.29. The van der Waals surface area contributed by atoms with E-state index in [4.69, 9.17) is 0 Å². The van der Waals surface area contributed by atoms with Crippen LogP contribution >= 0.6 is 0 Å². The van der Waals surface area contributed by atoms with Crippen LogP contribution in [0.15, 0.2) is 36.7 Å². The molecule has 0 bridgehead atoms. The number of piperazine rings is 1. The maximum absolute atomic E-state index is 4.26. The molecule has 1 fully saturated rings. The van der Waals surface area contributed by atoms with Crippen LogP contribution in [0.3, 0.4) is 0 Å². The van der Waals surface area contributed by atoms with Crippen LogP contribution in [0, 0.1) is 0 Å². The second-order valence-corrected chi connectivity index (χ2v) is 6.98. The first kappa shape index (κ1) is 16.8. The smallest absolute Gasteiger partial charge is 0.0542 e. The molecule has 0 amide bonds. The zero-order valence-electron chi connectivity index (χ0n) is 15.2. The van der Waals surface area contributed by atoms with Crippen LogP contribution in [0.1, 0.15) is 32.4 Å². The molecule has 0 aliphatic carbocycles. The molecule has 1 saturated heterocycles. The Morgan fingerprint density at radius 1 is 1.08 bits per heavy atom. The topological polar surface area (TPSA) is 36.3 Å². The standard InChI is InChI=1S/C19H29N5/c1-15(2)23-8-10-24(11-9-23)19-7-5-6-18(12-19)21-16(3)17-13-20-22(4)14-17/h5-7,12-16,21H,8-11H2,1-4H3. The van der Waals surface area contributed by atoms with Gasteiger partial charge in [-0.1, -0.05) is 6.07 Å². The third-order valence-electron chi connectivity index (χ3n) is 4.86. The lowest BCUT2D eigenvalue weighted by Crippen LogP contribution is -2.48. The molecule has 1 aromatic carbocycles. The number of hydrogen-bond acceptors (Lipinski definition) is 4. The van der Waals surface area contributed by atoms with Crippen LogP contribution in [-0.4, -0.2) is 46.9 Å². The van der Waals surface area contributed by atoms with Gasteiger partial charge in [0.25, 0.3) is 0 Å². The van der Waals surface area contributed by atoms with Crippen LogP contribution in [0.5, 0.6) is 0 Å². The summed E-state index contributed by atoms with van der Waals surface area (Å²) in [5.74, 6) is 0. The van der Waals surface area contributed by atoms with Gasteiger partial charge in [0.15, 0.2) is 0 Å². The van der Waals surface area contributed by atoms with Gasteiger partial charge in [-0.15, -0.1) is 0 Å². The number of benzene rings is 1. The summed E-state index contributed by atoms with van der Waals surface area (Å²) in [6.07, 6.45) is 3.99. The predicted octanol–water partition coefficient (Wildman–Crippen LogP) is 3.12. The van der Waals surface area contributed by atoms with Gasteiger partial charge in [-0.25, -0.2) is 0 Å². The minimum atomic E-state index is 0.242. The van der Waals surface area contributed by atoms with Gasteiger partial charge < -0.3 is 10.2 Å². The fourth-order valence-electron chi connectivity index (χ4n) is 3.29. The second-order valence-electron chi connectivity index (χ2n) is 6.98. The molecule has 1 aliphatic rings. The SMILES string of the molecule is CC(Nc1cccc(N2CCN(C(C)C)CC2)c1)c1cnn(C)c1. The Bertz CT molecular complexity index is 655. The normalized spacial score (nSPS) is 17.3. The molecule has 0 spiro atoms. The van der Waals surface area contributed by atoms with E-state index in [1.54, 1.807) is 0 Å². The molecule has 5 heteroatoms. The van der Waals surface area contributed by atoms with Crippen molar-refractivity contribution in [1.29, 1.82) is 0 Å². The van der Waals surface area contributed by atoms with Crippen molar-refractivity contribution >= 4 is 11.4 Å². The van der Waals surface area contributed by atoms with Crippen LogP contribution in [0.25, 0.3) is 0 Å². The molecule has 1 aromatic heterocycles. The second kappa shape index (κ2) is 7.26. The van der Waals surface area contributed by atoms with E-state index in [0.717, 1.165) is 31.9 Å². The summed E-state index contributed by atoms with van der Waals surface area (Å²) in [5.41, 5.74) is 3.67. The number of nitrogens with zero attached hydrogens (tertiary/aromatic N) is 4. The third kappa shape index (κ3) is 3.90. The number of nitrogens with one attached hydrogen (secondary N) is 1. The highest BCUT2D eigenvalue weighted by molar-refractivity contribution is 5.59. The molecule has 1 atom stereocenters. The highest BCUT2D eigenvalue weighted by atomic mass is 15.3. The molecular formula is C19H29N5. The van der Waals surface area contributed by atoms with Crippen molar-refractivity contribution in [3.05, 3.63) is 42.2 Å². The molecular weight excluding hydrogens is 298 g/mol. The minimum absolute atomic E-state index is 0.242. The number of aryl methyl sites for hydroxylation is 1. The van der Waals surface area contributed by atoms with Crippen molar-refractivity contribution in [2.24, 2.45) is 7.05 Å². The molecule has 0 radical (unpaired) electrons. The van der Waals surface area contributed by atoms with E-state index in [-0.39, 0.29) is 6.04 Å². The molecule has 5 nitrogen and oxygen atoms in total. The van der Waals surface area contributed by atoms with Crippen molar-refractivity contribution < 1.29 is 0 Å². The average Bonchev–Trinajstić information content (AvgIpc) is 3.02. The van der Waals surface area contributed by atoms with E-state index in [0.29, 0.717) is 6.04 Å². The number of aromatic nitrogens is 2. The highest BCUT2D eigenvalue weighted by Gasteiger charge is 2.19. The largest absolute Gasteiger partial charge is 0.378 e. The predicted molar refractivity (Wildman–Crippen MR) is 101 cm³/mol. The summed E-state index contributed by atoms with van der Waals surface area (Å²) in [6.45, 7) is 11.2. The lowest BCUT2D eigenvalue weighted by molar-refractivity contribution is 0.209. The van der Waals surface area contributed by atoms with Gasteiger partial charge in [-0.3, -0.25) is 9.58 Å². The average molecular weight is 327 g/mol. The Balaban J connectivity index is 1.64. The summed E-state index contributed by atoms with van der Waals surface area (Å²) in [4.78, 5) is 5.03. The lowest BCUT2D eigenvalue weighted by Gasteiger charge is -2.38. The van der Waals surface area contributed by atoms with Gasteiger partial charge in [-0.05, 0) is 39.0 Å². The van der Waals surface area contributed by atoms with Crippen LogP contribution in [-0.2, 0) is 7.05 Å². The summed E-state index contributed by atoms with van der Waals surface area (Å²) in [7, 11) is 1.95. The van der Waals surface area contributed by atoms with Crippen molar-refractivity contribution in [1.82, 2.24) is 14.7 Å². The van der Waals surface area contributed by atoms with Gasteiger partial charge >= 0.3 is 0 Å². The summed E-state index contributed by atoms with van der Waals surface area (Å²) in [5, 5.41) is 7.84. The summed E-state index contributed by atoms with van der Waals surface area (Å²) < 4.78 is 1.85. The molecule has 130 valence electrons. The third-order valence-corrected chi connectivity index (χ3v) is 4.86. The molecule has 2 heterocycles. The van der Waals surface area contributed by atoms with Gasteiger partial charge in [0.05, 0.1) is 12.2 Å². The van der Waals surface area contributed by atoms with Crippen LogP contribution in [0.4, 0.5) is 11.4 Å². The monoisotopic (exact) mass is 327 g/mol. The van der Waals surface area contributed by atoms with E-state index >= 15 is 0 Å². The lowest BCUT2D eigenvalue weighted by atomic mass is 10.1. The molecule has 1 unspecified atom stereocenters. The Morgan fingerprint density at radius 2 is 1.83 bits per heavy atom.